The summed E-state index contributed by atoms with van der Waals surface area (Å²) < 4.78 is 5.41. The normalized spacial score (nSPS) is 18.7. The van der Waals surface area contributed by atoms with E-state index in [1.807, 2.05) is 7.05 Å². The number of rotatable bonds is 6. The third kappa shape index (κ3) is 2.49. The van der Waals surface area contributed by atoms with Crippen LogP contribution in [0.1, 0.15) is 43.4 Å². The van der Waals surface area contributed by atoms with Gasteiger partial charge in [-0.1, -0.05) is 25.5 Å². The van der Waals surface area contributed by atoms with Crippen molar-refractivity contribution in [2.24, 2.45) is 11.1 Å². The average Bonchev–Trinajstić information content (AvgIpc) is 2.42. The molecule has 1 atom stereocenters. The minimum atomic E-state index is 0.244. The highest BCUT2D eigenvalue weighted by Gasteiger charge is 2.43. The standard InChI is InChI=1S/C16H26N2O/c1-4-12-10-13(6-7-14(12)19-3)15(18-2)16(11-17)8-5-9-16/h6-7,10,15,18H,4-5,8-9,11,17H2,1-3H3. The fourth-order valence-corrected chi connectivity index (χ4v) is 3.32. The van der Waals surface area contributed by atoms with Crippen LogP contribution in [-0.2, 0) is 6.42 Å². The lowest BCUT2D eigenvalue weighted by Gasteiger charge is -2.47. The maximum Gasteiger partial charge on any atom is 0.122 e. The van der Waals surface area contributed by atoms with Crippen molar-refractivity contribution < 1.29 is 4.74 Å². The van der Waals surface area contributed by atoms with Crippen molar-refractivity contribution in [2.45, 2.75) is 38.6 Å². The molecule has 3 N–H and O–H groups in total. The Bertz CT molecular complexity index is 421. The molecule has 106 valence electrons. The van der Waals surface area contributed by atoms with Crippen LogP contribution in [0, 0.1) is 5.41 Å². The van der Waals surface area contributed by atoms with Gasteiger partial charge in [0.15, 0.2) is 0 Å². The van der Waals surface area contributed by atoms with Crippen LogP contribution in [0.25, 0.3) is 0 Å². The molecule has 3 nitrogen and oxygen atoms in total. The van der Waals surface area contributed by atoms with Crippen LogP contribution in [0.5, 0.6) is 5.75 Å². The molecular formula is C16H26N2O. The van der Waals surface area contributed by atoms with E-state index in [1.165, 1.54) is 30.4 Å². The first-order valence-electron chi connectivity index (χ1n) is 7.25. The van der Waals surface area contributed by atoms with E-state index in [0.717, 1.165) is 18.7 Å². The summed E-state index contributed by atoms with van der Waals surface area (Å²) in [6.07, 6.45) is 4.74. The van der Waals surface area contributed by atoms with Crippen LogP contribution < -0.4 is 15.8 Å². The topological polar surface area (TPSA) is 47.3 Å². The molecule has 1 unspecified atom stereocenters. The van der Waals surface area contributed by atoms with Gasteiger partial charge < -0.3 is 15.8 Å². The van der Waals surface area contributed by atoms with Gasteiger partial charge in [-0.05, 0) is 50.0 Å². The second-order valence-corrected chi connectivity index (χ2v) is 5.57. The number of nitrogens with two attached hydrogens (primary N) is 1. The molecule has 1 aromatic carbocycles. The number of nitrogens with one attached hydrogen (secondary N) is 1. The molecule has 1 saturated carbocycles. The quantitative estimate of drug-likeness (QED) is 0.828. The fraction of sp³-hybridized carbons (Fsp3) is 0.625. The zero-order chi connectivity index (χ0) is 13.9. The van der Waals surface area contributed by atoms with E-state index in [2.05, 4.69) is 30.4 Å². The molecule has 0 radical (unpaired) electrons. The van der Waals surface area contributed by atoms with Crippen LogP contribution in [0.3, 0.4) is 0 Å². The minimum absolute atomic E-state index is 0.244. The lowest BCUT2D eigenvalue weighted by atomic mass is 9.62. The highest BCUT2D eigenvalue weighted by atomic mass is 16.5. The largest absolute Gasteiger partial charge is 0.496 e. The van der Waals surface area contributed by atoms with Gasteiger partial charge in [0.25, 0.3) is 0 Å². The summed E-state index contributed by atoms with van der Waals surface area (Å²) in [7, 11) is 3.77. The van der Waals surface area contributed by atoms with Crippen molar-refractivity contribution in [1.29, 1.82) is 0 Å². The van der Waals surface area contributed by atoms with Gasteiger partial charge in [-0.3, -0.25) is 0 Å². The van der Waals surface area contributed by atoms with E-state index in [-0.39, 0.29) is 5.41 Å². The van der Waals surface area contributed by atoms with E-state index in [4.69, 9.17) is 10.5 Å². The van der Waals surface area contributed by atoms with E-state index >= 15 is 0 Å². The predicted molar refractivity (Wildman–Crippen MR) is 79.5 cm³/mol. The number of benzene rings is 1. The molecule has 0 amide bonds. The van der Waals surface area contributed by atoms with E-state index in [0.29, 0.717) is 6.04 Å². The first-order valence-corrected chi connectivity index (χ1v) is 7.25. The Hall–Kier alpha value is -1.06. The summed E-state index contributed by atoms with van der Waals surface area (Å²) in [5, 5.41) is 3.48. The first-order chi connectivity index (χ1) is 9.20. The van der Waals surface area contributed by atoms with Gasteiger partial charge in [0.1, 0.15) is 5.75 Å². The van der Waals surface area contributed by atoms with Crippen molar-refractivity contribution in [3.8, 4) is 5.75 Å². The second kappa shape index (κ2) is 5.93. The molecule has 19 heavy (non-hydrogen) atoms. The number of aryl methyl sites for hydroxylation is 1. The van der Waals surface area contributed by atoms with Gasteiger partial charge in [0.05, 0.1) is 7.11 Å². The monoisotopic (exact) mass is 262 g/mol. The molecule has 0 heterocycles. The Morgan fingerprint density at radius 2 is 2.16 bits per heavy atom. The Labute approximate surface area is 116 Å². The van der Waals surface area contributed by atoms with Crippen LogP contribution in [0.2, 0.25) is 0 Å². The van der Waals surface area contributed by atoms with Crippen LogP contribution in [-0.4, -0.2) is 20.7 Å². The average molecular weight is 262 g/mol. The smallest absolute Gasteiger partial charge is 0.122 e. The second-order valence-electron chi connectivity index (χ2n) is 5.57. The Morgan fingerprint density at radius 3 is 2.58 bits per heavy atom. The zero-order valence-corrected chi connectivity index (χ0v) is 12.3. The summed E-state index contributed by atoms with van der Waals surface area (Å²) in [6, 6.07) is 6.88. The molecule has 1 aromatic rings. The molecule has 0 bridgehead atoms. The Morgan fingerprint density at radius 1 is 1.42 bits per heavy atom. The molecule has 1 aliphatic carbocycles. The van der Waals surface area contributed by atoms with Crippen molar-refractivity contribution in [1.82, 2.24) is 5.32 Å². The van der Waals surface area contributed by atoms with Gasteiger partial charge in [0.2, 0.25) is 0 Å². The van der Waals surface area contributed by atoms with Crippen molar-refractivity contribution in [2.75, 3.05) is 20.7 Å². The molecular weight excluding hydrogens is 236 g/mol. The van der Waals surface area contributed by atoms with E-state index in [9.17, 15) is 0 Å². The number of ether oxygens (including phenoxy) is 1. The number of hydrogen-bond acceptors (Lipinski definition) is 3. The third-order valence-electron chi connectivity index (χ3n) is 4.68. The van der Waals surface area contributed by atoms with Crippen molar-refractivity contribution in [3.05, 3.63) is 29.3 Å². The van der Waals surface area contributed by atoms with Crippen LogP contribution in [0.15, 0.2) is 18.2 Å². The maximum absolute atomic E-state index is 6.04. The summed E-state index contributed by atoms with van der Waals surface area (Å²) in [4.78, 5) is 0. The SMILES string of the molecule is CCc1cc(C(NC)C2(CN)CCC2)ccc1OC. The summed E-state index contributed by atoms with van der Waals surface area (Å²) in [5.41, 5.74) is 8.90. The summed E-state index contributed by atoms with van der Waals surface area (Å²) in [6.45, 7) is 2.92. The molecule has 1 aliphatic rings. The lowest BCUT2D eigenvalue weighted by Crippen LogP contribution is -2.47. The van der Waals surface area contributed by atoms with Gasteiger partial charge in [0, 0.05) is 11.5 Å². The third-order valence-corrected chi connectivity index (χ3v) is 4.68. The van der Waals surface area contributed by atoms with Gasteiger partial charge in [-0.25, -0.2) is 0 Å². The summed E-state index contributed by atoms with van der Waals surface area (Å²) in [5.74, 6) is 0.983. The van der Waals surface area contributed by atoms with Crippen molar-refractivity contribution in [3.63, 3.8) is 0 Å². The van der Waals surface area contributed by atoms with Crippen LogP contribution >= 0.6 is 0 Å². The molecule has 3 heteroatoms. The molecule has 0 spiro atoms. The van der Waals surface area contributed by atoms with Crippen LogP contribution in [0.4, 0.5) is 0 Å². The fourth-order valence-electron chi connectivity index (χ4n) is 3.32. The predicted octanol–water partition coefficient (Wildman–Crippen LogP) is 2.65. The Kier molecular flexibility index (Phi) is 4.48. The molecule has 1 fully saturated rings. The van der Waals surface area contributed by atoms with Gasteiger partial charge >= 0.3 is 0 Å². The van der Waals surface area contributed by atoms with E-state index < -0.39 is 0 Å². The highest BCUT2D eigenvalue weighted by Crippen LogP contribution is 2.49. The first kappa shape index (κ1) is 14.4. The van der Waals surface area contributed by atoms with Gasteiger partial charge in [-0.15, -0.1) is 0 Å². The molecule has 0 aromatic heterocycles. The van der Waals surface area contributed by atoms with E-state index in [1.54, 1.807) is 7.11 Å². The lowest BCUT2D eigenvalue weighted by molar-refractivity contribution is 0.0879. The highest BCUT2D eigenvalue weighted by molar-refractivity contribution is 5.39. The summed E-state index contributed by atoms with van der Waals surface area (Å²) >= 11 is 0. The zero-order valence-electron chi connectivity index (χ0n) is 12.3. The molecule has 0 aliphatic heterocycles. The maximum atomic E-state index is 6.04. The number of methoxy groups -OCH3 is 1. The molecule has 0 saturated heterocycles. The molecule has 2 rings (SSSR count). The Balaban J connectivity index is 2.33. The van der Waals surface area contributed by atoms with Gasteiger partial charge in [-0.2, -0.15) is 0 Å². The number of hydrogen-bond donors (Lipinski definition) is 2. The minimum Gasteiger partial charge on any atom is -0.496 e. The van der Waals surface area contributed by atoms with Crippen molar-refractivity contribution >= 4 is 0 Å².